The second-order valence-electron chi connectivity index (χ2n) is 11.6. The van der Waals surface area contributed by atoms with Crippen LogP contribution in [0.4, 0.5) is 5.69 Å². The van der Waals surface area contributed by atoms with Crippen molar-refractivity contribution < 1.29 is 24.2 Å². The quantitative estimate of drug-likeness (QED) is 0.364. The van der Waals surface area contributed by atoms with Crippen LogP contribution in [0.5, 0.6) is 11.6 Å². The molecule has 4 N–H and O–H groups in total. The number of amides is 1. The number of benzene rings is 1. The molecule has 1 amide bonds. The van der Waals surface area contributed by atoms with Crippen molar-refractivity contribution in [2.24, 2.45) is 16.6 Å². The van der Waals surface area contributed by atoms with Crippen molar-refractivity contribution in [3.8, 4) is 11.6 Å². The zero-order chi connectivity index (χ0) is 28.7. The van der Waals surface area contributed by atoms with E-state index in [1.54, 1.807) is 6.20 Å². The minimum absolute atomic E-state index is 0.0105. The largest absolute Gasteiger partial charge is 0.480 e. The number of carbonyl (C=O) groups is 2. The first-order valence-electron chi connectivity index (χ1n) is 14.1. The summed E-state index contributed by atoms with van der Waals surface area (Å²) in [6.45, 7) is 5.97. The Morgan fingerprint density at radius 1 is 1.18 bits per heavy atom. The summed E-state index contributed by atoms with van der Waals surface area (Å²) >= 11 is 0. The zero-order valence-electron chi connectivity index (χ0n) is 23.6. The van der Waals surface area contributed by atoms with Crippen LogP contribution in [0.25, 0.3) is 0 Å². The highest BCUT2D eigenvalue weighted by atomic mass is 16.5. The molecule has 1 aliphatic heterocycles. The molecule has 1 fully saturated rings. The number of nitrogens with zero attached hydrogens (tertiary/aromatic N) is 3. The molecule has 10 heteroatoms. The third-order valence-corrected chi connectivity index (χ3v) is 7.35. The first-order valence-corrected chi connectivity index (χ1v) is 14.1. The maximum atomic E-state index is 12.9. The van der Waals surface area contributed by atoms with Crippen molar-refractivity contribution in [1.82, 2.24) is 15.2 Å². The van der Waals surface area contributed by atoms with Gasteiger partial charge in [-0.15, -0.1) is 0 Å². The number of carbonyl (C=O) groups excluding carboxylic acids is 1. The summed E-state index contributed by atoms with van der Waals surface area (Å²) in [6.07, 6.45) is 7.97. The van der Waals surface area contributed by atoms with Gasteiger partial charge in [0.25, 0.3) is 0 Å². The van der Waals surface area contributed by atoms with Crippen molar-refractivity contribution in [1.29, 1.82) is 0 Å². The van der Waals surface area contributed by atoms with Gasteiger partial charge in [-0.3, -0.25) is 4.79 Å². The lowest BCUT2D eigenvalue weighted by atomic mass is 9.81. The molecular formula is C30H41N5O5. The summed E-state index contributed by atoms with van der Waals surface area (Å²) in [6, 6.07) is 10.3. The molecule has 2 aliphatic rings. The number of pyridine rings is 1. The number of para-hydroxylation sites is 1. The number of fused-ring (bicyclic) bond motifs is 1. The van der Waals surface area contributed by atoms with Crippen LogP contribution in [0.2, 0.25) is 0 Å². The summed E-state index contributed by atoms with van der Waals surface area (Å²) in [4.78, 5) is 35.8. The Morgan fingerprint density at radius 2 is 1.90 bits per heavy atom. The second-order valence-corrected chi connectivity index (χ2v) is 11.6. The molecule has 2 aromatic rings. The van der Waals surface area contributed by atoms with E-state index >= 15 is 0 Å². The van der Waals surface area contributed by atoms with Gasteiger partial charge in [0.1, 0.15) is 5.75 Å². The molecule has 1 aliphatic carbocycles. The summed E-state index contributed by atoms with van der Waals surface area (Å²) in [5.41, 5.74) is 7.64. The fourth-order valence-corrected chi connectivity index (χ4v) is 5.32. The van der Waals surface area contributed by atoms with E-state index in [1.807, 2.05) is 57.2 Å². The Morgan fingerprint density at radius 3 is 2.58 bits per heavy atom. The van der Waals surface area contributed by atoms with Crippen LogP contribution in [0.1, 0.15) is 71.3 Å². The standard InChI is InChI=1S/C30H41N5O5/c1-30(2,3)39-19-24(28(37)38)33-26(36)15-14-25(20-10-6-4-7-11-20)35-18-21-16-27(32-17-23(21)34-29(35)31)40-22-12-8-5-9-13-22/h5,8-9,12-13,16-17,20,24-25H,4,6-7,10-11,14-15,18-19H2,1-3H3,(H2,31,34)(H,33,36)(H,37,38)/t24?,25-/m0/s1. The highest BCUT2D eigenvalue weighted by molar-refractivity contribution is 5.85. The summed E-state index contributed by atoms with van der Waals surface area (Å²) in [7, 11) is 0. The van der Waals surface area contributed by atoms with Gasteiger partial charge in [0.15, 0.2) is 12.0 Å². The smallest absolute Gasteiger partial charge is 0.328 e. The lowest BCUT2D eigenvalue weighted by molar-refractivity contribution is -0.145. The van der Waals surface area contributed by atoms with Crippen molar-refractivity contribution in [2.45, 2.75) is 89.9 Å². The summed E-state index contributed by atoms with van der Waals surface area (Å²) < 4.78 is 11.6. The zero-order valence-corrected chi connectivity index (χ0v) is 23.6. The molecule has 10 nitrogen and oxygen atoms in total. The van der Waals surface area contributed by atoms with E-state index in [-0.39, 0.29) is 25.0 Å². The molecule has 4 rings (SSSR count). The van der Waals surface area contributed by atoms with Gasteiger partial charge in [-0.05, 0) is 58.1 Å². The van der Waals surface area contributed by atoms with E-state index < -0.39 is 17.6 Å². The number of nitrogens with one attached hydrogen (secondary N) is 1. The molecular weight excluding hydrogens is 510 g/mol. The number of carboxylic acid groups (broad SMARTS) is 1. The number of rotatable bonds is 11. The van der Waals surface area contributed by atoms with Crippen LogP contribution in [0.3, 0.4) is 0 Å². The van der Waals surface area contributed by atoms with Crippen LogP contribution < -0.4 is 15.8 Å². The molecule has 40 heavy (non-hydrogen) atoms. The number of aliphatic carboxylic acids is 1. The fraction of sp³-hybridized carbons (Fsp3) is 0.533. The molecule has 1 aromatic heterocycles. The molecule has 216 valence electrons. The Hall–Kier alpha value is -3.66. The van der Waals surface area contributed by atoms with Crippen molar-refractivity contribution in [2.75, 3.05) is 6.61 Å². The minimum Gasteiger partial charge on any atom is -0.480 e. The Balaban J connectivity index is 1.46. The summed E-state index contributed by atoms with van der Waals surface area (Å²) in [5, 5.41) is 12.2. The van der Waals surface area contributed by atoms with Gasteiger partial charge >= 0.3 is 5.97 Å². The number of aliphatic imine (C=N–C) groups is 1. The number of hydrogen-bond acceptors (Lipinski definition) is 8. The van der Waals surface area contributed by atoms with Crippen molar-refractivity contribution in [3.63, 3.8) is 0 Å². The third-order valence-electron chi connectivity index (χ3n) is 7.35. The van der Waals surface area contributed by atoms with Crippen LogP contribution in [-0.4, -0.2) is 57.1 Å². The predicted octanol–water partition coefficient (Wildman–Crippen LogP) is 4.75. The van der Waals surface area contributed by atoms with Gasteiger partial charge in [-0.1, -0.05) is 37.5 Å². The van der Waals surface area contributed by atoms with Crippen LogP contribution in [0.15, 0.2) is 47.6 Å². The maximum Gasteiger partial charge on any atom is 0.328 e. The molecule has 0 bridgehead atoms. The van der Waals surface area contributed by atoms with E-state index in [0.717, 1.165) is 31.2 Å². The van der Waals surface area contributed by atoms with E-state index in [1.165, 1.54) is 6.42 Å². The van der Waals surface area contributed by atoms with Crippen molar-refractivity contribution in [3.05, 3.63) is 48.2 Å². The van der Waals surface area contributed by atoms with E-state index in [4.69, 9.17) is 15.2 Å². The number of nitrogens with two attached hydrogens (primary N) is 1. The van der Waals surface area contributed by atoms with Crippen LogP contribution in [0, 0.1) is 5.92 Å². The Bertz CT molecular complexity index is 1190. The van der Waals surface area contributed by atoms with Crippen LogP contribution in [-0.2, 0) is 20.9 Å². The molecule has 2 atom stereocenters. The number of aromatic nitrogens is 1. The number of carboxylic acids is 1. The third kappa shape index (κ3) is 8.17. The molecule has 0 radical (unpaired) electrons. The topological polar surface area (TPSA) is 139 Å². The molecule has 1 unspecified atom stereocenters. The minimum atomic E-state index is -1.12. The monoisotopic (exact) mass is 551 g/mol. The van der Waals surface area contributed by atoms with Gasteiger partial charge in [-0.2, -0.15) is 0 Å². The normalized spacial score (nSPS) is 17.4. The van der Waals surface area contributed by atoms with Gasteiger partial charge < -0.3 is 30.5 Å². The SMILES string of the molecule is CC(C)(C)OCC(NC(=O)CC[C@@H](C1CCCCC1)N1Cc2cc(Oc3ccccc3)ncc2N=C1N)C(=O)O. The second kappa shape index (κ2) is 13.1. The number of guanidine groups is 1. The Labute approximate surface area is 236 Å². The van der Waals surface area contributed by atoms with Gasteiger partial charge in [-0.25, -0.2) is 14.8 Å². The van der Waals surface area contributed by atoms with Gasteiger partial charge in [0, 0.05) is 30.6 Å². The van der Waals surface area contributed by atoms with E-state index in [9.17, 15) is 14.7 Å². The van der Waals surface area contributed by atoms with Crippen molar-refractivity contribution >= 4 is 23.5 Å². The summed E-state index contributed by atoms with van der Waals surface area (Å²) in [5.74, 6) is 0.506. The highest BCUT2D eigenvalue weighted by Crippen LogP contribution is 2.36. The van der Waals surface area contributed by atoms with E-state index in [0.29, 0.717) is 42.2 Å². The Kier molecular flexibility index (Phi) is 9.63. The van der Waals surface area contributed by atoms with Gasteiger partial charge in [0.2, 0.25) is 11.8 Å². The molecule has 1 aromatic carbocycles. The lowest BCUT2D eigenvalue weighted by Gasteiger charge is -2.41. The maximum absolute atomic E-state index is 12.9. The average Bonchev–Trinajstić information content (AvgIpc) is 2.92. The fourth-order valence-electron chi connectivity index (χ4n) is 5.32. The first-order chi connectivity index (χ1) is 19.1. The molecule has 2 heterocycles. The first kappa shape index (κ1) is 29.3. The van der Waals surface area contributed by atoms with Crippen LogP contribution >= 0.6 is 0 Å². The average molecular weight is 552 g/mol. The van der Waals surface area contributed by atoms with Gasteiger partial charge in [0.05, 0.1) is 24.1 Å². The number of ether oxygens (including phenoxy) is 2. The predicted molar refractivity (Wildman–Crippen MR) is 152 cm³/mol. The molecule has 1 saturated carbocycles. The highest BCUT2D eigenvalue weighted by Gasteiger charge is 2.33. The molecule has 0 spiro atoms. The van der Waals surface area contributed by atoms with E-state index in [2.05, 4.69) is 20.2 Å². The number of hydrogen-bond donors (Lipinski definition) is 3. The molecule has 0 saturated heterocycles. The lowest BCUT2D eigenvalue weighted by Crippen LogP contribution is -2.50.